The topological polar surface area (TPSA) is 3.24 Å². The van der Waals surface area contributed by atoms with Gasteiger partial charge < -0.3 is 4.90 Å². The van der Waals surface area contributed by atoms with Gasteiger partial charge in [0.1, 0.15) is 0 Å². The van der Waals surface area contributed by atoms with Gasteiger partial charge in [0.2, 0.25) is 0 Å². The van der Waals surface area contributed by atoms with Crippen LogP contribution in [0.2, 0.25) is 0 Å². The standard InChI is InChI=1S/C16H16ClN/c1-12-8-16(7-6-13(12)9-17)18-10-14-4-2-3-5-15(14)11-18/h2-8H,9-11H2,1H3. The summed E-state index contributed by atoms with van der Waals surface area (Å²) in [6, 6.07) is 15.2. The van der Waals surface area contributed by atoms with E-state index < -0.39 is 0 Å². The summed E-state index contributed by atoms with van der Waals surface area (Å²) in [4.78, 5) is 2.41. The van der Waals surface area contributed by atoms with Crippen molar-refractivity contribution in [3.63, 3.8) is 0 Å². The molecule has 0 spiro atoms. The van der Waals surface area contributed by atoms with Gasteiger partial charge >= 0.3 is 0 Å². The fraction of sp³-hybridized carbons (Fsp3) is 0.250. The quantitative estimate of drug-likeness (QED) is 0.727. The minimum absolute atomic E-state index is 0.590. The smallest absolute Gasteiger partial charge is 0.0476 e. The van der Waals surface area contributed by atoms with Crippen molar-refractivity contribution in [1.29, 1.82) is 0 Å². The van der Waals surface area contributed by atoms with Gasteiger partial charge in [-0.1, -0.05) is 30.3 Å². The minimum Gasteiger partial charge on any atom is -0.363 e. The van der Waals surface area contributed by atoms with Gasteiger partial charge in [-0.15, -0.1) is 11.6 Å². The summed E-state index contributed by atoms with van der Waals surface area (Å²) in [5, 5.41) is 0. The highest BCUT2D eigenvalue weighted by atomic mass is 35.5. The number of alkyl halides is 1. The first-order chi connectivity index (χ1) is 8.78. The third-order valence-corrected chi connectivity index (χ3v) is 3.96. The molecular formula is C16H16ClN. The molecule has 1 heterocycles. The first kappa shape index (κ1) is 11.6. The predicted molar refractivity (Wildman–Crippen MR) is 77.1 cm³/mol. The van der Waals surface area contributed by atoms with Gasteiger partial charge in [-0.25, -0.2) is 0 Å². The van der Waals surface area contributed by atoms with Crippen molar-refractivity contribution in [2.45, 2.75) is 25.9 Å². The maximum absolute atomic E-state index is 5.90. The number of anilines is 1. The van der Waals surface area contributed by atoms with Gasteiger partial charge in [0.05, 0.1) is 0 Å². The van der Waals surface area contributed by atoms with Crippen LogP contribution >= 0.6 is 11.6 Å². The molecule has 2 aromatic carbocycles. The lowest BCUT2D eigenvalue weighted by molar-refractivity contribution is 0.879. The molecule has 2 aromatic rings. The molecule has 0 fully saturated rings. The van der Waals surface area contributed by atoms with Crippen molar-refractivity contribution in [1.82, 2.24) is 0 Å². The Kier molecular flexibility index (Phi) is 3.00. The van der Waals surface area contributed by atoms with E-state index in [0.717, 1.165) is 13.1 Å². The van der Waals surface area contributed by atoms with Gasteiger partial charge in [0.25, 0.3) is 0 Å². The van der Waals surface area contributed by atoms with Crippen LogP contribution in [0.25, 0.3) is 0 Å². The second kappa shape index (κ2) is 4.66. The molecule has 0 N–H and O–H groups in total. The molecule has 0 aliphatic carbocycles. The lowest BCUT2D eigenvalue weighted by atomic mass is 10.1. The van der Waals surface area contributed by atoms with Crippen LogP contribution in [0.3, 0.4) is 0 Å². The molecule has 0 amide bonds. The Labute approximate surface area is 113 Å². The average Bonchev–Trinajstić information content (AvgIpc) is 2.82. The first-order valence-electron chi connectivity index (χ1n) is 6.25. The first-order valence-corrected chi connectivity index (χ1v) is 6.78. The summed E-state index contributed by atoms with van der Waals surface area (Å²) in [5.74, 6) is 0.590. The SMILES string of the molecule is Cc1cc(N2Cc3ccccc3C2)ccc1CCl. The summed E-state index contributed by atoms with van der Waals surface area (Å²) < 4.78 is 0. The van der Waals surface area contributed by atoms with Crippen LogP contribution in [0.5, 0.6) is 0 Å². The second-order valence-electron chi connectivity index (χ2n) is 4.87. The molecule has 0 aromatic heterocycles. The summed E-state index contributed by atoms with van der Waals surface area (Å²) in [5.41, 5.74) is 6.67. The molecule has 0 radical (unpaired) electrons. The van der Waals surface area contributed by atoms with E-state index in [4.69, 9.17) is 11.6 Å². The molecule has 0 saturated carbocycles. The van der Waals surface area contributed by atoms with Crippen molar-refractivity contribution in [3.05, 3.63) is 64.7 Å². The molecule has 0 bridgehead atoms. The van der Waals surface area contributed by atoms with Crippen molar-refractivity contribution in [2.24, 2.45) is 0 Å². The Bertz CT molecular complexity index is 552. The highest BCUT2D eigenvalue weighted by Gasteiger charge is 2.18. The van der Waals surface area contributed by atoms with E-state index in [1.807, 2.05) is 0 Å². The lowest BCUT2D eigenvalue weighted by Crippen LogP contribution is -2.14. The van der Waals surface area contributed by atoms with Gasteiger partial charge in [-0.2, -0.15) is 0 Å². The zero-order valence-corrected chi connectivity index (χ0v) is 11.2. The fourth-order valence-corrected chi connectivity index (χ4v) is 2.84. The van der Waals surface area contributed by atoms with Crippen molar-refractivity contribution in [3.8, 4) is 0 Å². The van der Waals surface area contributed by atoms with E-state index in [0.29, 0.717) is 5.88 Å². The van der Waals surface area contributed by atoms with Crippen molar-refractivity contribution in [2.75, 3.05) is 4.90 Å². The number of fused-ring (bicyclic) bond motifs is 1. The summed E-state index contributed by atoms with van der Waals surface area (Å²) in [6.07, 6.45) is 0. The second-order valence-corrected chi connectivity index (χ2v) is 5.14. The molecule has 3 rings (SSSR count). The maximum Gasteiger partial charge on any atom is 0.0476 e. The molecule has 92 valence electrons. The van der Waals surface area contributed by atoms with Crippen molar-refractivity contribution >= 4 is 17.3 Å². The van der Waals surface area contributed by atoms with Gasteiger partial charge in [-0.05, 0) is 41.3 Å². The lowest BCUT2D eigenvalue weighted by Gasteiger charge is -2.19. The van der Waals surface area contributed by atoms with E-state index in [9.17, 15) is 0 Å². The molecule has 0 atom stereocenters. The molecule has 18 heavy (non-hydrogen) atoms. The normalized spacial score (nSPS) is 13.8. The van der Waals surface area contributed by atoms with E-state index in [1.54, 1.807) is 0 Å². The molecule has 1 aliphatic heterocycles. The summed E-state index contributed by atoms with van der Waals surface area (Å²) >= 11 is 5.90. The predicted octanol–water partition coefficient (Wildman–Crippen LogP) is 4.25. The zero-order chi connectivity index (χ0) is 12.5. The Balaban J connectivity index is 1.88. The highest BCUT2D eigenvalue weighted by Crippen LogP contribution is 2.29. The van der Waals surface area contributed by atoms with E-state index in [2.05, 4.69) is 54.3 Å². The Morgan fingerprint density at radius 1 is 1.06 bits per heavy atom. The van der Waals surface area contributed by atoms with Crippen LogP contribution in [-0.2, 0) is 19.0 Å². The number of hydrogen-bond acceptors (Lipinski definition) is 1. The third-order valence-electron chi connectivity index (χ3n) is 3.68. The van der Waals surface area contributed by atoms with Gasteiger partial charge in [-0.3, -0.25) is 0 Å². The number of halogens is 1. The third kappa shape index (κ3) is 1.99. The van der Waals surface area contributed by atoms with Crippen LogP contribution in [0.1, 0.15) is 22.3 Å². The van der Waals surface area contributed by atoms with Crippen LogP contribution in [0, 0.1) is 6.92 Å². The van der Waals surface area contributed by atoms with Crippen LogP contribution in [0.4, 0.5) is 5.69 Å². The Morgan fingerprint density at radius 2 is 1.72 bits per heavy atom. The summed E-state index contributed by atoms with van der Waals surface area (Å²) in [6.45, 7) is 4.15. The molecule has 1 aliphatic rings. The number of benzene rings is 2. The molecular weight excluding hydrogens is 242 g/mol. The molecule has 0 saturated heterocycles. The number of rotatable bonds is 2. The number of hydrogen-bond donors (Lipinski definition) is 0. The monoisotopic (exact) mass is 257 g/mol. The maximum atomic E-state index is 5.90. The van der Waals surface area contributed by atoms with Crippen LogP contribution < -0.4 is 4.90 Å². The molecule has 1 nitrogen and oxygen atoms in total. The van der Waals surface area contributed by atoms with E-state index >= 15 is 0 Å². The average molecular weight is 258 g/mol. The highest BCUT2D eigenvalue weighted by molar-refractivity contribution is 6.17. The van der Waals surface area contributed by atoms with Gasteiger partial charge in [0.15, 0.2) is 0 Å². The fourth-order valence-electron chi connectivity index (χ4n) is 2.54. The Hall–Kier alpha value is -1.47. The van der Waals surface area contributed by atoms with Gasteiger partial charge in [0, 0.05) is 24.7 Å². The summed E-state index contributed by atoms with van der Waals surface area (Å²) in [7, 11) is 0. The van der Waals surface area contributed by atoms with Crippen LogP contribution in [-0.4, -0.2) is 0 Å². The van der Waals surface area contributed by atoms with E-state index in [-0.39, 0.29) is 0 Å². The minimum atomic E-state index is 0.590. The van der Waals surface area contributed by atoms with Crippen molar-refractivity contribution < 1.29 is 0 Å². The Morgan fingerprint density at radius 3 is 2.28 bits per heavy atom. The van der Waals surface area contributed by atoms with Crippen LogP contribution in [0.15, 0.2) is 42.5 Å². The van der Waals surface area contributed by atoms with E-state index in [1.165, 1.54) is 27.9 Å². The largest absolute Gasteiger partial charge is 0.363 e. The number of aryl methyl sites for hydroxylation is 1. The molecule has 0 unspecified atom stereocenters. The zero-order valence-electron chi connectivity index (χ0n) is 10.5. The molecule has 2 heteroatoms. The number of nitrogens with zero attached hydrogens (tertiary/aromatic N) is 1.